The van der Waals surface area contributed by atoms with E-state index in [0.717, 1.165) is 11.3 Å². The smallest absolute Gasteiger partial charge is 0.251 e. The maximum Gasteiger partial charge on any atom is 0.251 e. The van der Waals surface area contributed by atoms with Crippen molar-refractivity contribution in [2.24, 2.45) is 0 Å². The zero-order valence-electron chi connectivity index (χ0n) is 18.9. The highest BCUT2D eigenvalue weighted by atomic mass is 32.2. The van der Waals surface area contributed by atoms with Crippen molar-refractivity contribution in [2.75, 3.05) is 26.3 Å². The standard InChI is InChI=1S/C25H27N3O5S/c1-19(20-6-4-9-23(16-20)33-18-22-8-2-3-11-26-22)27-25(29)21-7-5-10-24(17-21)34(30,31)28-12-14-32-15-13-28/h2-11,16-17,19H,12-15,18H2,1H3,(H,27,29). The van der Waals surface area contributed by atoms with Crippen LogP contribution in [0.25, 0.3) is 0 Å². The zero-order valence-corrected chi connectivity index (χ0v) is 19.7. The van der Waals surface area contributed by atoms with E-state index in [1.54, 1.807) is 18.3 Å². The minimum atomic E-state index is -3.68. The van der Waals surface area contributed by atoms with Gasteiger partial charge >= 0.3 is 0 Å². The molecule has 4 rings (SSSR count). The highest BCUT2D eigenvalue weighted by molar-refractivity contribution is 7.89. The lowest BCUT2D eigenvalue weighted by Gasteiger charge is -2.26. The first kappa shape index (κ1) is 23.9. The van der Waals surface area contributed by atoms with E-state index in [4.69, 9.17) is 9.47 Å². The molecule has 1 atom stereocenters. The van der Waals surface area contributed by atoms with Crippen molar-refractivity contribution in [1.82, 2.24) is 14.6 Å². The van der Waals surface area contributed by atoms with Gasteiger partial charge in [0.05, 0.1) is 29.8 Å². The Hall–Kier alpha value is -3.27. The van der Waals surface area contributed by atoms with Crippen LogP contribution in [0.3, 0.4) is 0 Å². The summed E-state index contributed by atoms with van der Waals surface area (Å²) in [7, 11) is -3.68. The fraction of sp³-hybridized carbons (Fsp3) is 0.280. The van der Waals surface area contributed by atoms with E-state index >= 15 is 0 Å². The van der Waals surface area contributed by atoms with Crippen LogP contribution in [0.15, 0.2) is 77.8 Å². The SMILES string of the molecule is CC(NC(=O)c1cccc(S(=O)(=O)N2CCOCC2)c1)c1cccc(OCc2ccccn2)c1. The number of hydrogen-bond acceptors (Lipinski definition) is 6. The number of pyridine rings is 1. The van der Waals surface area contributed by atoms with Crippen LogP contribution in [0.4, 0.5) is 0 Å². The second-order valence-electron chi connectivity index (χ2n) is 7.92. The van der Waals surface area contributed by atoms with Crippen LogP contribution in [0.5, 0.6) is 5.75 Å². The van der Waals surface area contributed by atoms with Crippen LogP contribution in [-0.2, 0) is 21.4 Å². The number of benzene rings is 2. The summed E-state index contributed by atoms with van der Waals surface area (Å²) in [5.41, 5.74) is 1.97. The van der Waals surface area contributed by atoms with Crippen molar-refractivity contribution < 1.29 is 22.7 Å². The second-order valence-corrected chi connectivity index (χ2v) is 9.86. The van der Waals surface area contributed by atoms with Gasteiger partial charge in [0, 0.05) is 24.8 Å². The maximum atomic E-state index is 12.9. The summed E-state index contributed by atoms with van der Waals surface area (Å²) in [5, 5.41) is 2.94. The van der Waals surface area contributed by atoms with Gasteiger partial charge in [0.2, 0.25) is 10.0 Å². The summed E-state index contributed by atoms with van der Waals surface area (Å²) in [4.78, 5) is 17.2. The van der Waals surface area contributed by atoms with Crippen molar-refractivity contribution in [3.8, 4) is 5.75 Å². The van der Waals surface area contributed by atoms with E-state index in [1.807, 2.05) is 49.4 Å². The second kappa shape index (κ2) is 10.8. The van der Waals surface area contributed by atoms with Gasteiger partial charge in [0.1, 0.15) is 12.4 Å². The van der Waals surface area contributed by atoms with E-state index in [1.165, 1.54) is 16.4 Å². The molecule has 0 radical (unpaired) electrons. The quantitative estimate of drug-likeness (QED) is 0.531. The minimum absolute atomic E-state index is 0.0969. The Morgan fingerprint density at radius 1 is 1.09 bits per heavy atom. The molecule has 1 aromatic heterocycles. The average molecular weight is 482 g/mol. The highest BCUT2D eigenvalue weighted by Crippen LogP contribution is 2.22. The lowest BCUT2D eigenvalue weighted by molar-refractivity contribution is 0.0730. The molecule has 34 heavy (non-hydrogen) atoms. The number of morpholine rings is 1. The van der Waals surface area contributed by atoms with Gasteiger partial charge in [-0.2, -0.15) is 4.31 Å². The first-order chi connectivity index (χ1) is 16.4. The van der Waals surface area contributed by atoms with Crippen molar-refractivity contribution >= 4 is 15.9 Å². The lowest BCUT2D eigenvalue weighted by Crippen LogP contribution is -2.40. The average Bonchev–Trinajstić information content (AvgIpc) is 2.89. The van der Waals surface area contributed by atoms with Gasteiger partial charge in [0.15, 0.2) is 0 Å². The van der Waals surface area contributed by atoms with Gasteiger partial charge in [0.25, 0.3) is 5.91 Å². The van der Waals surface area contributed by atoms with Crippen molar-refractivity contribution in [2.45, 2.75) is 24.5 Å². The van der Waals surface area contributed by atoms with Crippen molar-refractivity contribution in [3.63, 3.8) is 0 Å². The Kier molecular flexibility index (Phi) is 7.56. The van der Waals surface area contributed by atoms with Crippen LogP contribution >= 0.6 is 0 Å². The number of sulfonamides is 1. The van der Waals surface area contributed by atoms with E-state index in [9.17, 15) is 13.2 Å². The van der Waals surface area contributed by atoms with Crippen molar-refractivity contribution in [3.05, 3.63) is 89.7 Å². The predicted molar refractivity (Wildman–Crippen MR) is 127 cm³/mol. The van der Waals surface area contributed by atoms with Crippen LogP contribution in [0.1, 0.15) is 34.6 Å². The summed E-state index contributed by atoms with van der Waals surface area (Å²) in [5.74, 6) is 0.314. The van der Waals surface area contributed by atoms with Gasteiger partial charge < -0.3 is 14.8 Å². The van der Waals surface area contributed by atoms with E-state index in [0.29, 0.717) is 38.7 Å². The van der Waals surface area contributed by atoms with E-state index in [-0.39, 0.29) is 22.4 Å². The summed E-state index contributed by atoms with van der Waals surface area (Å²) in [6, 6.07) is 18.9. The fourth-order valence-corrected chi connectivity index (χ4v) is 5.07. The summed E-state index contributed by atoms with van der Waals surface area (Å²) >= 11 is 0. The molecule has 2 heterocycles. The number of hydrogen-bond donors (Lipinski definition) is 1. The molecule has 1 amide bonds. The largest absolute Gasteiger partial charge is 0.487 e. The summed E-state index contributed by atoms with van der Waals surface area (Å²) in [6.45, 7) is 3.53. The minimum Gasteiger partial charge on any atom is -0.487 e. The van der Waals surface area contributed by atoms with Crippen molar-refractivity contribution in [1.29, 1.82) is 0 Å². The van der Waals surface area contributed by atoms with E-state index in [2.05, 4.69) is 10.3 Å². The molecule has 1 fully saturated rings. The third kappa shape index (κ3) is 5.80. The van der Waals surface area contributed by atoms with Gasteiger partial charge in [-0.25, -0.2) is 8.42 Å². The Bertz CT molecular complexity index is 1230. The molecule has 3 aromatic rings. The molecule has 178 valence electrons. The number of nitrogens with zero attached hydrogens (tertiary/aromatic N) is 2. The number of rotatable bonds is 8. The first-order valence-electron chi connectivity index (χ1n) is 11.0. The molecule has 1 aliphatic rings. The Balaban J connectivity index is 1.42. The predicted octanol–water partition coefficient (Wildman–Crippen LogP) is 3.17. The fourth-order valence-electron chi connectivity index (χ4n) is 3.61. The van der Waals surface area contributed by atoms with Crippen LogP contribution in [0, 0.1) is 0 Å². The van der Waals surface area contributed by atoms with Gasteiger partial charge in [-0.15, -0.1) is 0 Å². The number of carbonyl (C=O) groups is 1. The molecular weight excluding hydrogens is 454 g/mol. The zero-order chi connectivity index (χ0) is 24.0. The molecule has 0 aliphatic carbocycles. The molecule has 0 saturated carbocycles. The molecular formula is C25H27N3O5S. The van der Waals surface area contributed by atoms with Crippen LogP contribution in [0.2, 0.25) is 0 Å². The molecule has 9 heteroatoms. The molecule has 0 spiro atoms. The monoisotopic (exact) mass is 481 g/mol. The Labute approximate surface area is 199 Å². The molecule has 1 saturated heterocycles. The molecule has 2 aromatic carbocycles. The highest BCUT2D eigenvalue weighted by Gasteiger charge is 2.27. The van der Waals surface area contributed by atoms with Crippen LogP contribution < -0.4 is 10.1 Å². The number of amides is 1. The molecule has 1 unspecified atom stereocenters. The number of nitrogens with one attached hydrogen (secondary N) is 1. The molecule has 1 aliphatic heterocycles. The summed E-state index contributed by atoms with van der Waals surface area (Å²) in [6.07, 6.45) is 1.72. The molecule has 8 nitrogen and oxygen atoms in total. The number of ether oxygens (including phenoxy) is 2. The van der Waals surface area contributed by atoms with Gasteiger partial charge in [-0.1, -0.05) is 24.3 Å². The summed E-state index contributed by atoms with van der Waals surface area (Å²) < 4.78 is 38.3. The van der Waals surface area contributed by atoms with Gasteiger partial charge in [-0.05, 0) is 55.0 Å². The van der Waals surface area contributed by atoms with E-state index < -0.39 is 10.0 Å². The Morgan fingerprint density at radius 3 is 2.65 bits per heavy atom. The Morgan fingerprint density at radius 2 is 1.88 bits per heavy atom. The maximum absolute atomic E-state index is 12.9. The normalized spacial score (nSPS) is 15.4. The number of aromatic nitrogens is 1. The first-order valence-corrected chi connectivity index (χ1v) is 12.5. The third-order valence-corrected chi connectivity index (χ3v) is 7.42. The third-order valence-electron chi connectivity index (χ3n) is 5.52. The molecule has 1 N–H and O–H groups in total. The molecule has 0 bridgehead atoms. The van der Waals surface area contributed by atoms with Gasteiger partial charge in [-0.3, -0.25) is 9.78 Å². The van der Waals surface area contributed by atoms with Crippen LogP contribution in [-0.4, -0.2) is 49.9 Å². The lowest BCUT2D eigenvalue weighted by atomic mass is 10.1. The topological polar surface area (TPSA) is 97.8 Å². The number of carbonyl (C=O) groups excluding carboxylic acids is 1.